The number of hydrogen-bond donors (Lipinski definition) is 1. The Morgan fingerprint density at radius 2 is 1.71 bits per heavy atom. The van der Waals surface area contributed by atoms with E-state index in [2.05, 4.69) is 50.4 Å². The smallest absolute Gasteiger partial charge is 0.227 e. The van der Waals surface area contributed by atoms with Gasteiger partial charge >= 0.3 is 0 Å². The van der Waals surface area contributed by atoms with Crippen molar-refractivity contribution in [1.29, 1.82) is 0 Å². The highest BCUT2D eigenvalue weighted by atomic mass is 35.5. The second kappa shape index (κ2) is 8.59. The van der Waals surface area contributed by atoms with Gasteiger partial charge in [-0.05, 0) is 30.7 Å². The minimum Gasteiger partial charge on any atom is -0.340 e. The molecule has 1 saturated heterocycles. The van der Waals surface area contributed by atoms with Gasteiger partial charge in [0, 0.05) is 55.2 Å². The van der Waals surface area contributed by atoms with E-state index in [1.54, 1.807) is 0 Å². The number of aryl methyl sites for hydroxylation is 1. The van der Waals surface area contributed by atoms with E-state index >= 15 is 0 Å². The van der Waals surface area contributed by atoms with Crippen LogP contribution in [0.2, 0.25) is 5.02 Å². The second-order valence-corrected chi connectivity index (χ2v) is 7.52. The van der Waals surface area contributed by atoms with Crippen LogP contribution in [0.3, 0.4) is 0 Å². The fourth-order valence-corrected chi connectivity index (χ4v) is 3.61. The van der Waals surface area contributed by atoms with Gasteiger partial charge in [-0.3, -0.25) is 4.90 Å². The topological polar surface area (TPSA) is 44.3 Å². The minimum absolute atomic E-state index is 0.700. The Bertz CT molecular complexity index is 923. The number of nitrogens with zero attached hydrogens (tertiary/aromatic N) is 4. The predicted octanol–water partition coefficient (Wildman–Crippen LogP) is 4.50. The summed E-state index contributed by atoms with van der Waals surface area (Å²) in [5.41, 5.74) is 3.22. The van der Waals surface area contributed by atoms with Crippen LogP contribution in [0, 0.1) is 6.92 Å². The van der Waals surface area contributed by atoms with Crippen LogP contribution in [0.4, 0.5) is 17.5 Å². The van der Waals surface area contributed by atoms with E-state index in [0.29, 0.717) is 5.02 Å². The first-order valence-electron chi connectivity index (χ1n) is 9.55. The third-order valence-corrected chi connectivity index (χ3v) is 5.08. The lowest BCUT2D eigenvalue weighted by molar-refractivity contribution is 0.248. The highest BCUT2D eigenvalue weighted by Crippen LogP contribution is 2.22. The summed E-state index contributed by atoms with van der Waals surface area (Å²) in [6, 6.07) is 20.2. The number of hydrogen-bond acceptors (Lipinski definition) is 5. The molecule has 144 valence electrons. The van der Waals surface area contributed by atoms with Gasteiger partial charge in [-0.25, -0.2) is 4.98 Å². The van der Waals surface area contributed by atoms with Gasteiger partial charge in [-0.15, -0.1) is 0 Å². The van der Waals surface area contributed by atoms with Crippen LogP contribution in [0.25, 0.3) is 0 Å². The van der Waals surface area contributed by atoms with Crippen LogP contribution >= 0.6 is 11.6 Å². The van der Waals surface area contributed by atoms with Crippen molar-refractivity contribution in [3.8, 4) is 0 Å². The van der Waals surface area contributed by atoms with Crippen molar-refractivity contribution < 1.29 is 0 Å². The second-order valence-electron chi connectivity index (χ2n) is 7.08. The van der Waals surface area contributed by atoms with Crippen LogP contribution in [0.1, 0.15) is 11.3 Å². The van der Waals surface area contributed by atoms with Crippen LogP contribution in [0.5, 0.6) is 0 Å². The molecule has 0 radical (unpaired) electrons. The zero-order valence-electron chi connectivity index (χ0n) is 16.0. The number of rotatable bonds is 5. The van der Waals surface area contributed by atoms with E-state index in [0.717, 1.165) is 55.9 Å². The van der Waals surface area contributed by atoms with E-state index in [-0.39, 0.29) is 0 Å². The molecule has 0 unspecified atom stereocenters. The molecule has 0 atom stereocenters. The van der Waals surface area contributed by atoms with Crippen molar-refractivity contribution in [2.24, 2.45) is 0 Å². The van der Waals surface area contributed by atoms with Crippen molar-refractivity contribution in [3.05, 3.63) is 76.9 Å². The number of nitrogens with one attached hydrogen (secondary N) is 1. The molecule has 1 N–H and O–H groups in total. The molecule has 28 heavy (non-hydrogen) atoms. The molecular weight excluding hydrogens is 370 g/mol. The summed E-state index contributed by atoms with van der Waals surface area (Å²) in [6.07, 6.45) is 0. The summed E-state index contributed by atoms with van der Waals surface area (Å²) in [5, 5.41) is 4.03. The van der Waals surface area contributed by atoms with Crippen LogP contribution in [-0.2, 0) is 6.54 Å². The summed E-state index contributed by atoms with van der Waals surface area (Å²) in [5.74, 6) is 1.57. The molecule has 0 bridgehead atoms. The molecule has 1 aromatic heterocycles. The van der Waals surface area contributed by atoms with Gasteiger partial charge in [0.1, 0.15) is 5.82 Å². The van der Waals surface area contributed by atoms with E-state index in [1.165, 1.54) is 5.56 Å². The molecule has 1 aliphatic heterocycles. The quantitative estimate of drug-likeness (QED) is 0.691. The number of piperazine rings is 1. The summed E-state index contributed by atoms with van der Waals surface area (Å²) >= 11 is 6.08. The molecule has 3 aromatic rings. The first kappa shape index (κ1) is 18.7. The third kappa shape index (κ3) is 4.80. The molecule has 2 heterocycles. The summed E-state index contributed by atoms with van der Waals surface area (Å²) in [7, 11) is 0. The molecule has 0 spiro atoms. The Balaban J connectivity index is 1.41. The molecule has 6 heteroatoms. The number of anilines is 3. The molecule has 4 rings (SSSR count). The van der Waals surface area contributed by atoms with Gasteiger partial charge in [0.05, 0.1) is 0 Å². The van der Waals surface area contributed by atoms with Crippen LogP contribution in [0.15, 0.2) is 60.7 Å². The largest absolute Gasteiger partial charge is 0.340 e. The molecule has 1 aliphatic rings. The standard InChI is InChI=1S/C22H24ClN5/c1-17-14-21(25-20-9-5-8-19(23)15-20)26-22(24-17)28-12-10-27(11-13-28)16-18-6-3-2-4-7-18/h2-9,14-15H,10-13,16H2,1H3,(H,24,25,26). The van der Waals surface area contributed by atoms with Gasteiger partial charge in [0.15, 0.2) is 0 Å². The van der Waals surface area contributed by atoms with Gasteiger partial charge < -0.3 is 10.2 Å². The van der Waals surface area contributed by atoms with Gasteiger partial charge in [-0.2, -0.15) is 4.98 Å². The van der Waals surface area contributed by atoms with Crippen molar-refractivity contribution in [2.45, 2.75) is 13.5 Å². The summed E-state index contributed by atoms with van der Waals surface area (Å²) in [6.45, 7) is 6.84. The Kier molecular flexibility index (Phi) is 5.74. The first-order chi connectivity index (χ1) is 13.7. The van der Waals surface area contributed by atoms with E-state index in [1.807, 2.05) is 37.3 Å². The number of benzene rings is 2. The Hall–Kier alpha value is -2.63. The highest BCUT2D eigenvalue weighted by molar-refractivity contribution is 6.30. The van der Waals surface area contributed by atoms with Gasteiger partial charge in [0.25, 0.3) is 0 Å². The molecule has 5 nitrogen and oxygen atoms in total. The molecule has 0 amide bonds. The van der Waals surface area contributed by atoms with Gasteiger partial charge in [-0.1, -0.05) is 48.0 Å². The van der Waals surface area contributed by atoms with Gasteiger partial charge in [0.2, 0.25) is 5.95 Å². The monoisotopic (exact) mass is 393 g/mol. The van der Waals surface area contributed by atoms with E-state index in [9.17, 15) is 0 Å². The molecular formula is C22H24ClN5. The lowest BCUT2D eigenvalue weighted by Crippen LogP contribution is -2.46. The summed E-state index contributed by atoms with van der Waals surface area (Å²) in [4.78, 5) is 14.1. The van der Waals surface area contributed by atoms with E-state index in [4.69, 9.17) is 16.6 Å². The Morgan fingerprint density at radius 1 is 0.929 bits per heavy atom. The number of halogens is 1. The number of aromatic nitrogens is 2. The Morgan fingerprint density at radius 3 is 2.46 bits per heavy atom. The lowest BCUT2D eigenvalue weighted by atomic mass is 10.2. The van der Waals surface area contributed by atoms with Crippen molar-refractivity contribution in [3.63, 3.8) is 0 Å². The minimum atomic E-state index is 0.700. The zero-order valence-corrected chi connectivity index (χ0v) is 16.7. The fourth-order valence-electron chi connectivity index (χ4n) is 3.42. The van der Waals surface area contributed by atoms with Crippen molar-refractivity contribution >= 4 is 29.1 Å². The van der Waals surface area contributed by atoms with Crippen LogP contribution in [-0.4, -0.2) is 41.0 Å². The average molecular weight is 394 g/mol. The maximum atomic E-state index is 6.08. The maximum Gasteiger partial charge on any atom is 0.227 e. The third-order valence-electron chi connectivity index (χ3n) is 4.84. The normalized spacial score (nSPS) is 14.9. The van der Waals surface area contributed by atoms with Crippen molar-refractivity contribution in [1.82, 2.24) is 14.9 Å². The molecule has 0 aliphatic carbocycles. The highest BCUT2D eigenvalue weighted by Gasteiger charge is 2.19. The molecule has 0 saturated carbocycles. The predicted molar refractivity (Wildman–Crippen MR) is 115 cm³/mol. The lowest BCUT2D eigenvalue weighted by Gasteiger charge is -2.35. The van der Waals surface area contributed by atoms with Crippen LogP contribution < -0.4 is 10.2 Å². The Labute approximate surface area is 171 Å². The van der Waals surface area contributed by atoms with E-state index < -0.39 is 0 Å². The average Bonchev–Trinajstić information content (AvgIpc) is 2.69. The first-order valence-corrected chi connectivity index (χ1v) is 9.93. The maximum absolute atomic E-state index is 6.08. The summed E-state index contributed by atoms with van der Waals surface area (Å²) < 4.78 is 0. The molecule has 1 fully saturated rings. The SMILES string of the molecule is Cc1cc(Nc2cccc(Cl)c2)nc(N2CCN(Cc3ccccc3)CC2)n1. The van der Waals surface area contributed by atoms with Crippen molar-refractivity contribution in [2.75, 3.05) is 36.4 Å². The zero-order chi connectivity index (χ0) is 19.3. The fraction of sp³-hybridized carbons (Fsp3) is 0.273. The molecule has 2 aromatic carbocycles.